The van der Waals surface area contributed by atoms with Crippen LogP contribution in [0.15, 0.2) is 12.2 Å². The fourth-order valence-corrected chi connectivity index (χ4v) is 2.57. The Morgan fingerprint density at radius 1 is 1.45 bits per heavy atom. The highest BCUT2D eigenvalue weighted by atomic mass is 16.3. The van der Waals surface area contributed by atoms with Gasteiger partial charge in [0.25, 0.3) is 0 Å². The first kappa shape index (κ1) is 7.35. The number of aliphatic hydroxyl groups excluding tert-OH is 1. The molecule has 1 saturated carbocycles. The molecule has 0 saturated heterocycles. The van der Waals surface area contributed by atoms with E-state index in [4.69, 9.17) is 0 Å². The molecule has 0 aromatic carbocycles. The quantitative estimate of drug-likeness (QED) is 0.600. The van der Waals surface area contributed by atoms with E-state index in [-0.39, 0.29) is 6.10 Å². The fraction of sp³-hybridized carbons (Fsp3) is 0.800. The smallest absolute Gasteiger partial charge is 0.0571 e. The largest absolute Gasteiger partial charge is 0.393 e. The first-order chi connectivity index (χ1) is 5.31. The maximum Gasteiger partial charge on any atom is 0.0571 e. The van der Waals surface area contributed by atoms with Crippen LogP contribution in [-0.4, -0.2) is 11.2 Å². The first-order valence-electron chi connectivity index (χ1n) is 4.67. The average Bonchev–Trinajstić information content (AvgIpc) is 2.62. The highest BCUT2D eigenvalue weighted by Gasteiger charge is 2.38. The van der Waals surface area contributed by atoms with Gasteiger partial charge in [0.05, 0.1) is 6.10 Å². The zero-order valence-electron chi connectivity index (χ0n) is 7.03. The Hall–Kier alpha value is -0.300. The number of aliphatic hydroxyl groups is 1. The maximum atomic E-state index is 9.65. The summed E-state index contributed by atoms with van der Waals surface area (Å²) < 4.78 is 0. The molecule has 2 aliphatic rings. The second-order valence-corrected chi connectivity index (χ2v) is 3.92. The molecule has 4 atom stereocenters. The molecule has 2 rings (SSSR count). The predicted octanol–water partition coefficient (Wildman–Crippen LogP) is 1.97. The molecule has 0 heterocycles. The fourth-order valence-electron chi connectivity index (χ4n) is 2.57. The van der Waals surface area contributed by atoms with Gasteiger partial charge in [0.2, 0.25) is 0 Å². The third-order valence-corrected chi connectivity index (χ3v) is 3.24. The summed E-state index contributed by atoms with van der Waals surface area (Å²) in [5.74, 6) is 2.08. The van der Waals surface area contributed by atoms with E-state index in [1.807, 2.05) is 0 Å². The number of allylic oxidation sites excluding steroid dienone is 2. The molecule has 1 N–H and O–H groups in total. The lowest BCUT2D eigenvalue weighted by molar-refractivity contribution is 0.0898. The van der Waals surface area contributed by atoms with E-state index >= 15 is 0 Å². The Morgan fingerprint density at radius 3 is 2.73 bits per heavy atom. The van der Waals surface area contributed by atoms with Gasteiger partial charge in [0.1, 0.15) is 0 Å². The minimum atomic E-state index is -0.0463. The topological polar surface area (TPSA) is 20.2 Å². The molecule has 0 aliphatic heterocycles. The van der Waals surface area contributed by atoms with Crippen LogP contribution < -0.4 is 0 Å². The highest BCUT2D eigenvalue weighted by Crippen LogP contribution is 2.45. The molecule has 2 aliphatic carbocycles. The van der Waals surface area contributed by atoms with Crippen LogP contribution in [0.5, 0.6) is 0 Å². The van der Waals surface area contributed by atoms with Crippen LogP contribution in [0, 0.1) is 17.8 Å². The molecule has 62 valence electrons. The van der Waals surface area contributed by atoms with Gasteiger partial charge in [-0.15, -0.1) is 0 Å². The molecule has 4 unspecified atom stereocenters. The molecular formula is C10H16O. The van der Waals surface area contributed by atoms with E-state index < -0.39 is 0 Å². The lowest BCUT2D eigenvalue weighted by Crippen LogP contribution is -2.22. The van der Waals surface area contributed by atoms with Gasteiger partial charge in [-0.25, -0.2) is 0 Å². The van der Waals surface area contributed by atoms with E-state index in [2.05, 4.69) is 19.1 Å². The summed E-state index contributed by atoms with van der Waals surface area (Å²) in [6.07, 6.45) is 8.04. The van der Waals surface area contributed by atoms with E-state index in [9.17, 15) is 5.11 Å². The minimum absolute atomic E-state index is 0.0463. The SMILES string of the molecule is CCC(O)C1CC2C=CC1C2. The number of fused-ring (bicyclic) bond motifs is 2. The van der Waals surface area contributed by atoms with Gasteiger partial charge >= 0.3 is 0 Å². The minimum Gasteiger partial charge on any atom is -0.393 e. The van der Waals surface area contributed by atoms with Crippen LogP contribution in [0.3, 0.4) is 0 Å². The van der Waals surface area contributed by atoms with Gasteiger partial charge in [-0.05, 0) is 37.0 Å². The second-order valence-electron chi connectivity index (χ2n) is 3.92. The molecule has 0 radical (unpaired) electrons. The molecule has 0 amide bonds. The summed E-state index contributed by atoms with van der Waals surface area (Å²) in [5.41, 5.74) is 0. The Labute approximate surface area is 68.1 Å². The van der Waals surface area contributed by atoms with Gasteiger partial charge in [-0.2, -0.15) is 0 Å². The third kappa shape index (κ3) is 1.12. The summed E-state index contributed by atoms with van der Waals surface area (Å²) in [5, 5.41) is 9.65. The molecule has 2 bridgehead atoms. The normalized spacial score (nSPS) is 43.3. The molecule has 11 heavy (non-hydrogen) atoms. The zero-order chi connectivity index (χ0) is 7.84. The van der Waals surface area contributed by atoms with E-state index in [1.54, 1.807) is 0 Å². The average molecular weight is 152 g/mol. The summed E-state index contributed by atoms with van der Waals surface area (Å²) in [6, 6.07) is 0. The molecule has 1 nitrogen and oxygen atoms in total. The lowest BCUT2D eigenvalue weighted by atomic mass is 9.87. The Morgan fingerprint density at radius 2 is 2.27 bits per heavy atom. The Balaban J connectivity index is 2.02. The molecular weight excluding hydrogens is 136 g/mol. The first-order valence-corrected chi connectivity index (χ1v) is 4.67. The predicted molar refractivity (Wildman–Crippen MR) is 45.1 cm³/mol. The van der Waals surface area contributed by atoms with Crippen LogP contribution in [-0.2, 0) is 0 Å². The van der Waals surface area contributed by atoms with Crippen molar-refractivity contribution in [1.29, 1.82) is 0 Å². The van der Waals surface area contributed by atoms with Crippen LogP contribution in [0.1, 0.15) is 26.2 Å². The van der Waals surface area contributed by atoms with Gasteiger partial charge in [-0.3, -0.25) is 0 Å². The number of hydrogen-bond acceptors (Lipinski definition) is 1. The van der Waals surface area contributed by atoms with Crippen molar-refractivity contribution in [2.45, 2.75) is 32.3 Å². The van der Waals surface area contributed by atoms with E-state index in [0.29, 0.717) is 11.8 Å². The van der Waals surface area contributed by atoms with E-state index in [1.165, 1.54) is 12.8 Å². The summed E-state index contributed by atoms with van der Waals surface area (Å²) in [6.45, 7) is 2.07. The van der Waals surface area contributed by atoms with Crippen molar-refractivity contribution in [1.82, 2.24) is 0 Å². The Bertz CT molecular complexity index is 174. The molecule has 0 spiro atoms. The highest BCUT2D eigenvalue weighted by molar-refractivity contribution is 5.11. The van der Waals surface area contributed by atoms with Crippen molar-refractivity contribution in [3.8, 4) is 0 Å². The second kappa shape index (κ2) is 2.63. The lowest BCUT2D eigenvalue weighted by Gasteiger charge is -2.22. The van der Waals surface area contributed by atoms with Crippen molar-refractivity contribution < 1.29 is 5.11 Å². The maximum absolute atomic E-state index is 9.65. The Kier molecular flexibility index (Phi) is 1.76. The van der Waals surface area contributed by atoms with Crippen LogP contribution in [0.4, 0.5) is 0 Å². The molecule has 1 fully saturated rings. The third-order valence-electron chi connectivity index (χ3n) is 3.24. The summed E-state index contributed by atoms with van der Waals surface area (Å²) in [7, 11) is 0. The standard InChI is InChI=1S/C10H16O/c1-2-10(11)9-6-7-3-4-8(9)5-7/h3-4,7-11H,2,5-6H2,1H3. The van der Waals surface area contributed by atoms with Crippen LogP contribution >= 0.6 is 0 Å². The van der Waals surface area contributed by atoms with E-state index in [0.717, 1.165) is 12.3 Å². The zero-order valence-corrected chi connectivity index (χ0v) is 7.03. The van der Waals surface area contributed by atoms with Crippen molar-refractivity contribution in [3.63, 3.8) is 0 Å². The summed E-state index contributed by atoms with van der Waals surface area (Å²) in [4.78, 5) is 0. The van der Waals surface area contributed by atoms with Crippen molar-refractivity contribution >= 4 is 0 Å². The van der Waals surface area contributed by atoms with Gasteiger partial charge < -0.3 is 5.11 Å². The van der Waals surface area contributed by atoms with Crippen molar-refractivity contribution in [2.24, 2.45) is 17.8 Å². The summed E-state index contributed by atoms with van der Waals surface area (Å²) >= 11 is 0. The molecule has 1 heteroatoms. The van der Waals surface area contributed by atoms with Gasteiger partial charge in [0.15, 0.2) is 0 Å². The van der Waals surface area contributed by atoms with Crippen LogP contribution in [0.2, 0.25) is 0 Å². The van der Waals surface area contributed by atoms with Gasteiger partial charge in [-0.1, -0.05) is 19.1 Å². The van der Waals surface area contributed by atoms with Gasteiger partial charge in [0, 0.05) is 0 Å². The van der Waals surface area contributed by atoms with Crippen molar-refractivity contribution in [2.75, 3.05) is 0 Å². The van der Waals surface area contributed by atoms with Crippen molar-refractivity contribution in [3.05, 3.63) is 12.2 Å². The molecule has 0 aromatic heterocycles. The number of rotatable bonds is 2. The number of hydrogen-bond donors (Lipinski definition) is 1. The molecule has 0 aromatic rings. The van der Waals surface area contributed by atoms with Crippen LogP contribution in [0.25, 0.3) is 0 Å². The monoisotopic (exact) mass is 152 g/mol.